The molecule has 0 radical (unpaired) electrons. The molecule has 2 heterocycles. The van der Waals surface area contributed by atoms with Gasteiger partial charge in [0.2, 0.25) is 0 Å². The van der Waals surface area contributed by atoms with E-state index >= 15 is 0 Å². The van der Waals surface area contributed by atoms with Crippen LogP contribution in [0.3, 0.4) is 0 Å². The summed E-state index contributed by atoms with van der Waals surface area (Å²) >= 11 is 6.36. The molecule has 1 aromatic carbocycles. The molecule has 0 saturated carbocycles. The molecule has 9 nitrogen and oxygen atoms in total. The van der Waals surface area contributed by atoms with Crippen molar-refractivity contribution >= 4 is 57.5 Å². The van der Waals surface area contributed by atoms with E-state index in [0.717, 1.165) is 11.8 Å². The molecule has 11 heteroatoms. The van der Waals surface area contributed by atoms with Crippen molar-refractivity contribution < 1.29 is 19.1 Å². The average molecular weight is 417 g/mol. The van der Waals surface area contributed by atoms with Crippen LogP contribution < -0.4 is 4.90 Å². The highest BCUT2D eigenvalue weighted by Crippen LogP contribution is 2.37. The van der Waals surface area contributed by atoms with Gasteiger partial charge in [0.25, 0.3) is 11.6 Å². The van der Waals surface area contributed by atoms with E-state index in [9.17, 15) is 25.0 Å². The summed E-state index contributed by atoms with van der Waals surface area (Å²) in [7, 11) is 0. The number of furan rings is 1. The lowest BCUT2D eigenvalue weighted by atomic mass is 10.1. The number of non-ortho nitro benzene ring substituents is 1. The van der Waals surface area contributed by atoms with Crippen LogP contribution in [-0.2, 0) is 4.79 Å². The number of allylic oxidation sites excluding steroid dienone is 2. The van der Waals surface area contributed by atoms with Crippen LogP contribution >= 0.6 is 24.0 Å². The lowest BCUT2D eigenvalue weighted by molar-refractivity contribution is -0.402. The smallest absolute Gasteiger partial charge is 0.401 e. The van der Waals surface area contributed by atoms with Crippen molar-refractivity contribution in [2.24, 2.45) is 0 Å². The molecule has 3 rings (SSSR count). The van der Waals surface area contributed by atoms with Crippen molar-refractivity contribution in [2.45, 2.75) is 6.92 Å². The number of rotatable bonds is 5. The van der Waals surface area contributed by atoms with E-state index in [0.29, 0.717) is 20.5 Å². The molecule has 1 amide bonds. The summed E-state index contributed by atoms with van der Waals surface area (Å²) in [4.78, 5) is 34.7. The molecule has 0 bridgehead atoms. The number of amides is 1. The normalized spacial score (nSPS) is 15.8. The van der Waals surface area contributed by atoms with Crippen molar-refractivity contribution in [1.82, 2.24) is 0 Å². The summed E-state index contributed by atoms with van der Waals surface area (Å²) in [5.41, 5.74) is 0.949. The number of anilines is 1. The fraction of sp³-hybridized carbons (Fsp3) is 0.0588. The number of hydrogen-bond donors (Lipinski definition) is 0. The van der Waals surface area contributed by atoms with E-state index in [1.54, 1.807) is 6.92 Å². The van der Waals surface area contributed by atoms with Crippen LogP contribution in [0.2, 0.25) is 0 Å². The summed E-state index contributed by atoms with van der Waals surface area (Å²) in [5, 5.41) is 21.5. The van der Waals surface area contributed by atoms with Crippen LogP contribution in [0.25, 0.3) is 6.08 Å². The first-order valence-corrected chi connectivity index (χ1v) is 8.94. The first-order chi connectivity index (χ1) is 13.3. The van der Waals surface area contributed by atoms with Crippen molar-refractivity contribution in [2.75, 3.05) is 4.90 Å². The van der Waals surface area contributed by atoms with Crippen LogP contribution in [0.15, 0.2) is 51.8 Å². The van der Waals surface area contributed by atoms with Gasteiger partial charge in [0, 0.05) is 12.1 Å². The molecule has 1 aliphatic rings. The van der Waals surface area contributed by atoms with Crippen LogP contribution in [0.1, 0.15) is 11.3 Å². The Balaban J connectivity index is 1.81. The fourth-order valence-electron chi connectivity index (χ4n) is 2.45. The van der Waals surface area contributed by atoms with E-state index < -0.39 is 9.85 Å². The number of benzene rings is 1. The van der Waals surface area contributed by atoms with Crippen molar-refractivity contribution in [3.63, 3.8) is 0 Å². The number of nitro groups is 2. The van der Waals surface area contributed by atoms with Crippen molar-refractivity contribution in [3.05, 3.63) is 78.9 Å². The zero-order chi connectivity index (χ0) is 20.4. The van der Waals surface area contributed by atoms with Crippen molar-refractivity contribution in [1.29, 1.82) is 0 Å². The second-order valence-corrected chi connectivity index (χ2v) is 7.24. The maximum Gasteiger partial charge on any atom is 0.433 e. The predicted octanol–water partition coefficient (Wildman–Crippen LogP) is 4.37. The van der Waals surface area contributed by atoms with Gasteiger partial charge < -0.3 is 4.42 Å². The van der Waals surface area contributed by atoms with E-state index in [2.05, 4.69) is 0 Å². The lowest BCUT2D eigenvalue weighted by Crippen LogP contribution is -2.28. The number of carbonyl (C=O) groups is 1. The highest BCUT2D eigenvalue weighted by molar-refractivity contribution is 8.27. The number of thioether (sulfide) groups is 1. The van der Waals surface area contributed by atoms with Gasteiger partial charge in [0.1, 0.15) is 10.7 Å². The van der Waals surface area contributed by atoms with Gasteiger partial charge >= 0.3 is 5.88 Å². The Morgan fingerprint density at radius 1 is 1.18 bits per heavy atom. The van der Waals surface area contributed by atoms with Gasteiger partial charge in [0.05, 0.1) is 21.6 Å². The summed E-state index contributed by atoms with van der Waals surface area (Å²) in [6.45, 7) is 1.66. The van der Waals surface area contributed by atoms with E-state index in [4.69, 9.17) is 16.6 Å². The molecular formula is C17H11N3O6S2. The minimum Gasteiger partial charge on any atom is -0.401 e. The molecule has 142 valence electrons. The van der Waals surface area contributed by atoms with E-state index in [-0.39, 0.29) is 23.2 Å². The van der Waals surface area contributed by atoms with Crippen LogP contribution in [-0.4, -0.2) is 20.1 Å². The Labute approximate surface area is 167 Å². The molecule has 1 aliphatic heterocycles. The molecule has 1 saturated heterocycles. The first kappa shape index (κ1) is 19.5. The Bertz CT molecular complexity index is 1070. The molecule has 0 spiro atoms. The van der Waals surface area contributed by atoms with Gasteiger partial charge in [0.15, 0.2) is 4.32 Å². The molecule has 2 aromatic rings. The van der Waals surface area contributed by atoms with Gasteiger partial charge in [-0.15, -0.1) is 0 Å². The maximum atomic E-state index is 12.7. The van der Waals surface area contributed by atoms with E-state index in [1.807, 2.05) is 0 Å². The molecule has 0 unspecified atom stereocenters. The third-order valence-electron chi connectivity index (χ3n) is 3.73. The number of hydrogen-bond acceptors (Lipinski definition) is 8. The van der Waals surface area contributed by atoms with Crippen LogP contribution in [0.4, 0.5) is 17.3 Å². The third kappa shape index (κ3) is 3.85. The lowest BCUT2D eigenvalue weighted by Gasteiger charge is -2.16. The highest BCUT2D eigenvalue weighted by atomic mass is 32.2. The highest BCUT2D eigenvalue weighted by Gasteiger charge is 2.34. The van der Waals surface area contributed by atoms with Gasteiger partial charge in [-0.05, 0) is 36.8 Å². The number of carbonyl (C=O) groups excluding carboxylic acids is 1. The summed E-state index contributed by atoms with van der Waals surface area (Å²) in [6, 6.07) is 6.85. The van der Waals surface area contributed by atoms with Gasteiger partial charge in [-0.1, -0.05) is 30.1 Å². The minimum atomic E-state index is -0.644. The number of thiocarbonyl (C=S) groups is 1. The van der Waals surface area contributed by atoms with Gasteiger partial charge in [-0.2, -0.15) is 0 Å². The molecule has 1 aromatic heterocycles. The average Bonchev–Trinajstić information content (AvgIpc) is 3.21. The SMILES string of the molecule is Cc1cc([N+](=O)[O-])ccc1N1C(=O)/C(=C/C=C/c2ccc([N+](=O)[O-])o2)SC1=S. The summed E-state index contributed by atoms with van der Waals surface area (Å²) in [5.74, 6) is -0.466. The van der Waals surface area contributed by atoms with Crippen LogP contribution in [0, 0.1) is 27.2 Å². The summed E-state index contributed by atoms with van der Waals surface area (Å²) in [6.07, 6.45) is 4.53. The first-order valence-electron chi connectivity index (χ1n) is 7.72. The third-order valence-corrected chi connectivity index (χ3v) is 5.05. The number of nitrogens with zero attached hydrogens (tertiary/aromatic N) is 3. The Morgan fingerprint density at radius 3 is 2.54 bits per heavy atom. The number of nitro benzene ring substituents is 1. The van der Waals surface area contributed by atoms with Gasteiger partial charge in [-0.25, -0.2) is 0 Å². The zero-order valence-electron chi connectivity index (χ0n) is 14.2. The largest absolute Gasteiger partial charge is 0.433 e. The Kier molecular flexibility index (Phi) is 5.38. The second kappa shape index (κ2) is 7.74. The van der Waals surface area contributed by atoms with E-state index in [1.165, 1.54) is 53.5 Å². The quantitative estimate of drug-likeness (QED) is 0.304. The molecular weight excluding hydrogens is 406 g/mol. The van der Waals surface area contributed by atoms with Crippen LogP contribution in [0.5, 0.6) is 0 Å². The summed E-state index contributed by atoms with van der Waals surface area (Å²) < 4.78 is 5.30. The number of aryl methyl sites for hydroxylation is 1. The minimum absolute atomic E-state index is 0.0716. The standard InChI is InChI=1S/C17H11N3O6S2/c1-10-9-11(19(22)23)5-7-13(10)18-16(21)14(28-17(18)27)4-2-3-12-6-8-15(26-12)20(24)25/h2-9H,1H3/b3-2+,14-4-. The molecule has 28 heavy (non-hydrogen) atoms. The zero-order valence-corrected chi connectivity index (χ0v) is 15.9. The maximum absolute atomic E-state index is 12.7. The molecule has 0 N–H and O–H groups in total. The monoisotopic (exact) mass is 417 g/mol. The molecule has 1 fully saturated rings. The Morgan fingerprint density at radius 2 is 1.93 bits per heavy atom. The second-order valence-electron chi connectivity index (χ2n) is 5.56. The predicted molar refractivity (Wildman–Crippen MR) is 108 cm³/mol. The fourth-order valence-corrected chi connectivity index (χ4v) is 3.69. The topological polar surface area (TPSA) is 120 Å². The van der Waals surface area contributed by atoms with Crippen molar-refractivity contribution in [3.8, 4) is 0 Å². The Hall–Kier alpha value is -3.31. The molecule has 0 aliphatic carbocycles. The van der Waals surface area contributed by atoms with Gasteiger partial charge in [-0.3, -0.25) is 29.9 Å². The molecule has 0 atom stereocenters.